The molecule has 0 saturated heterocycles. The van der Waals surface area contributed by atoms with E-state index in [4.69, 9.17) is 0 Å². The van der Waals surface area contributed by atoms with Gasteiger partial charge in [-0.1, -0.05) is 24.3 Å². The van der Waals surface area contributed by atoms with Crippen molar-refractivity contribution in [2.24, 2.45) is 0 Å². The van der Waals surface area contributed by atoms with Gasteiger partial charge in [0.2, 0.25) is 11.0 Å². The van der Waals surface area contributed by atoms with E-state index in [0.29, 0.717) is 6.08 Å². The smallest absolute Gasteiger partial charge is 0.210 e. The van der Waals surface area contributed by atoms with E-state index in [-0.39, 0.29) is 5.57 Å². The lowest BCUT2D eigenvalue weighted by molar-refractivity contribution is -0.345. The highest BCUT2D eigenvalue weighted by atomic mass is 16.4. The first kappa shape index (κ1) is 21.2. The lowest BCUT2D eigenvalue weighted by Crippen LogP contribution is -2.26. The number of carbonyl (C=O) groups is 2. The molecule has 0 aliphatic carbocycles. The van der Waals surface area contributed by atoms with Crippen LogP contribution in [0.5, 0.6) is 0 Å². The van der Waals surface area contributed by atoms with Crippen LogP contribution in [-0.2, 0) is 9.59 Å². The molecule has 0 spiro atoms. The first-order chi connectivity index (χ1) is 14.0. The summed E-state index contributed by atoms with van der Waals surface area (Å²) in [6.07, 6.45) is 4.33. The van der Waals surface area contributed by atoms with Gasteiger partial charge in [-0.2, -0.15) is 0 Å². The summed E-state index contributed by atoms with van der Waals surface area (Å²) in [4.78, 5) is 25.7. The maximum Gasteiger partial charge on any atom is 0.210 e. The van der Waals surface area contributed by atoms with Crippen LogP contribution >= 0.6 is 0 Å². The van der Waals surface area contributed by atoms with Crippen molar-refractivity contribution in [2.45, 2.75) is 6.92 Å². The first-order valence-corrected chi connectivity index (χ1v) is 8.79. The highest BCUT2D eigenvalue weighted by Gasteiger charge is 1.93. The van der Waals surface area contributed by atoms with Gasteiger partial charge in [-0.3, -0.25) is 0 Å². The molecule has 0 atom stereocenters. The number of fused-ring (bicyclic) bond motifs is 2. The second-order valence-electron chi connectivity index (χ2n) is 5.95. The van der Waals surface area contributed by atoms with E-state index < -0.39 is 11.9 Å². The molecule has 4 aromatic rings. The Morgan fingerprint density at radius 2 is 1.14 bits per heavy atom. The van der Waals surface area contributed by atoms with Gasteiger partial charge in [0.05, 0.1) is 11.9 Å². The number of hydrogen-bond acceptors (Lipinski definition) is 4. The van der Waals surface area contributed by atoms with Crippen molar-refractivity contribution in [1.82, 2.24) is 0 Å². The van der Waals surface area contributed by atoms with Gasteiger partial charge in [0.25, 0.3) is 0 Å². The van der Waals surface area contributed by atoms with E-state index in [1.807, 2.05) is 48.8 Å². The minimum absolute atomic E-state index is 0.352. The van der Waals surface area contributed by atoms with Crippen LogP contribution < -0.4 is 20.2 Å². The molecule has 2 aromatic heterocycles. The number of hydrogen-bond donors (Lipinski definition) is 0. The van der Waals surface area contributed by atoms with E-state index in [1.165, 1.54) is 21.8 Å². The minimum Gasteiger partial charge on any atom is -0.545 e. The molecule has 2 N–H and O–H groups in total. The van der Waals surface area contributed by atoms with Gasteiger partial charge in [-0.25, -0.2) is 9.97 Å². The quantitative estimate of drug-likeness (QED) is 0.472. The summed E-state index contributed by atoms with van der Waals surface area (Å²) >= 11 is 0. The molecule has 0 unspecified atom stereocenters. The summed E-state index contributed by atoms with van der Waals surface area (Å²) in [7, 11) is 0. The zero-order valence-corrected chi connectivity index (χ0v) is 15.8. The summed E-state index contributed by atoms with van der Waals surface area (Å²) in [6.45, 7) is 1.12. The highest BCUT2D eigenvalue weighted by Crippen LogP contribution is 2.05. The number of rotatable bonds is 2. The molecule has 6 heteroatoms. The third-order valence-corrected chi connectivity index (χ3v) is 3.80. The van der Waals surface area contributed by atoms with Gasteiger partial charge >= 0.3 is 0 Å². The van der Waals surface area contributed by atoms with E-state index in [9.17, 15) is 19.8 Å². The van der Waals surface area contributed by atoms with E-state index in [1.54, 1.807) is 0 Å². The number of benzene rings is 2. The number of aromatic amines is 2. The normalized spacial score (nSPS) is 10.3. The number of para-hydroxylation sites is 2. The zero-order chi connectivity index (χ0) is 21.1. The number of carboxylic acid groups (broad SMARTS) is 2. The highest BCUT2D eigenvalue weighted by molar-refractivity contribution is 5.92. The molecule has 6 nitrogen and oxygen atoms in total. The van der Waals surface area contributed by atoms with Gasteiger partial charge in [-0.05, 0) is 42.8 Å². The number of carbonyl (C=O) groups excluding carboxylic acids is 2. The fourth-order valence-electron chi connectivity index (χ4n) is 2.36. The van der Waals surface area contributed by atoms with E-state index in [2.05, 4.69) is 46.4 Å². The van der Waals surface area contributed by atoms with Crippen LogP contribution in [0.15, 0.2) is 96.8 Å². The molecule has 4 rings (SSSR count). The van der Waals surface area contributed by atoms with Crippen LogP contribution in [0.3, 0.4) is 0 Å². The Morgan fingerprint density at radius 1 is 0.724 bits per heavy atom. The molecule has 0 saturated carbocycles. The third kappa shape index (κ3) is 7.22. The Labute approximate surface area is 167 Å². The second kappa shape index (κ2) is 10.9. The minimum atomic E-state index is -1.53. The molecule has 146 valence electrons. The summed E-state index contributed by atoms with van der Waals surface area (Å²) in [5.41, 5.74) is 2.02. The van der Waals surface area contributed by atoms with Crippen LogP contribution in [0.2, 0.25) is 0 Å². The number of H-pyrrole nitrogens is 2. The second-order valence-corrected chi connectivity index (χ2v) is 5.95. The van der Waals surface area contributed by atoms with E-state index in [0.717, 1.165) is 6.92 Å². The predicted molar refractivity (Wildman–Crippen MR) is 105 cm³/mol. The van der Waals surface area contributed by atoms with Crippen molar-refractivity contribution in [3.05, 3.63) is 96.8 Å². The SMILES string of the molecule is C/C(=C\C(=O)[O-])C(=O)[O-].c1ccc2[nH+]cccc2c1.c1ccc2[nH+]cccc2c1. The van der Waals surface area contributed by atoms with Crippen molar-refractivity contribution in [3.8, 4) is 0 Å². The average Bonchev–Trinajstić information content (AvgIpc) is 2.74. The summed E-state index contributed by atoms with van der Waals surface area (Å²) in [5.74, 6) is -3.03. The Balaban J connectivity index is 0.000000156. The number of carboxylic acids is 2. The topological polar surface area (TPSA) is 109 Å². The van der Waals surface area contributed by atoms with Crippen molar-refractivity contribution in [1.29, 1.82) is 0 Å². The van der Waals surface area contributed by atoms with Crippen LogP contribution in [0.25, 0.3) is 21.8 Å². The number of aliphatic carboxylic acids is 2. The molecule has 0 radical (unpaired) electrons. The van der Waals surface area contributed by atoms with Crippen LogP contribution in [0.1, 0.15) is 6.92 Å². The Bertz CT molecular complexity index is 937. The molecule has 2 heterocycles. The molecular weight excluding hydrogens is 368 g/mol. The number of pyridine rings is 2. The number of aromatic nitrogens is 2. The van der Waals surface area contributed by atoms with Gasteiger partial charge < -0.3 is 19.8 Å². The van der Waals surface area contributed by atoms with Crippen molar-refractivity contribution < 1.29 is 29.8 Å². The lowest BCUT2D eigenvalue weighted by Gasteiger charge is -2.00. The lowest BCUT2D eigenvalue weighted by atomic mass is 10.2. The molecule has 0 aliphatic heterocycles. The van der Waals surface area contributed by atoms with Gasteiger partial charge in [0, 0.05) is 35.0 Å². The number of nitrogens with one attached hydrogen (secondary N) is 2. The average molecular weight is 388 g/mol. The van der Waals surface area contributed by atoms with Crippen LogP contribution in [-0.4, -0.2) is 11.9 Å². The molecule has 0 aliphatic rings. The standard InChI is InChI=1S/2C9H7N.C5H6O4/c2*1-2-6-9-8(4-1)5-3-7-10-9;1-3(5(8)9)2-4(6)7/h2*1-7H;2H,1H3,(H,6,7)(H,8,9)/b;;3-2+. The first-order valence-electron chi connectivity index (χ1n) is 8.79. The fourth-order valence-corrected chi connectivity index (χ4v) is 2.36. The molecule has 0 amide bonds. The Hall–Kier alpha value is -4.06. The molecular formula is C23H20N2O4. The van der Waals surface area contributed by atoms with Gasteiger partial charge in [0.1, 0.15) is 0 Å². The van der Waals surface area contributed by atoms with Gasteiger partial charge in [-0.15, -0.1) is 0 Å². The fraction of sp³-hybridized carbons (Fsp3) is 0.0435. The molecule has 29 heavy (non-hydrogen) atoms. The van der Waals surface area contributed by atoms with E-state index >= 15 is 0 Å². The summed E-state index contributed by atoms with van der Waals surface area (Å²) < 4.78 is 0. The largest absolute Gasteiger partial charge is 0.545 e. The third-order valence-electron chi connectivity index (χ3n) is 3.80. The maximum absolute atomic E-state index is 9.76. The Kier molecular flexibility index (Phi) is 8.01. The van der Waals surface area contributed by atoms with Crippen molar-refractivity contribution in [2.75, 3.05) is 0 Å². The monoisotopic (exact) mass is 388 g/mol. The van der Waals surface area contributed by atoms with Crippen molar-refractivity contribution >= 4 is 33.7 Å². The molecule has 0 bridgehead atoms. The summed E-state index contributed by atoms with van der Waals surface area (Å²) in [5, 5.41) is 21.9. The predicted octanol–water partition coefficient (Wildman–Crippen LogP) is 0.740. The molecule has 2 aromatic carbocycles. The molecule has 0 fully saturated rings. The van der Waals surface area contributed by atoms with Crippen molar-refractivity contribution in [3.63, 3.8) is 0 Å². The maximum atomic E-state index is 9.76. The van der Waals surface area contributed by atoms with Gasteiger partial charge in [0.15, 0.2) is 12.4 Å². The van der Waals surface area contributed by atoms with Crippen LogP contribution in [0.4, 0.5) is 0 Å². The van der Waals surface area contributed by atoms with Crippen LogP contribution in [0, 0.1) is 0 Å². The Morgan fingerprint density at radius 3 is 1.48 bits per heavy atom. The zero-order valence-electron chi connectivity index (χ0n) is 15.8. The summed E-state index contributed by atoms with van der Waals surface area (Å²) in [6, 6.07) is 24.6.